The number of carbonyl (C=O) groups is 1. The second-order valence-corrected chi connectivity index (χ2v) is 4.89. The number of nitrogens with zero attached hydrogens (tertiary/aromatic N) is 2. The molecule has 0 saturated heterocycles. The number of nitrogens with two attached hydrogens (primary N) is 1. The standard InChI is InChI=1S/C15H23N3O/c1-5-6-14(16)15(19)18(4)11-12-7-9-13(10-8-12)17(2)3/h5,7-10,14H,1,6,11,16H2,2-4H3. The molecule has 19 heavy (non-hydrogen) atoms. The van der Waals surface area contributed by atoms with E-state index in [1.54, 1.807) is 18.0 Å². The zero-order valence-corrected chi connectivity index (χ0v) is 12.0. The summed E-state index contributed by atoms with van der Waals surface area (Å²) in [6, 6.07) is 7.63. The van der Waals surface area contributed by atoms with Gasteiger partial charge in [0, 0.05) is 33.4 Å². The van der Waals surface area contributed by atoms with Gasteiger partial charge in [-0.15, -0.1) is 6.58 Å². The molecule has 1 rings (SSSR count). The lowest BCUT2D eigenvalue weighted by Crippen LogP contribution is -2.41. The van der Waals surface area contributed by atoms with Crippen LogP contribution in [-0.4, -0.2) is 38.0 Å². The molecule has 2 N–H and O–H groups in total. The maximum atomic E-state index is 12.0. The number of likely N-dealkylation sites (N-methyl/N-ethyl adjacent to an activating group) is 1. The second kappa shape index (κ2) is 6.95. The van der Waals surface area contributed by atoms with Crippen LogP contribution in [0.3, 0.4) is 0 Å². The van der Waals surface area contributed by atoms with E-state index in [1.807, 2.05) is 43.3 Å². The van der Waals surface area contributed by atoms with E-state index in [2.05, 4.69) is 6.58 Å². The molecular formula is C15H23N3O. The van der Waals surface area contributed by atoms with Crippen LogP contribution >= 0.6 is 0 Å². The van der Waals surface area contributed by atoms with Crippen molar-refractivity contribution >= 4 is 11.6 Å². The number of anilines is 1. The van der Waals surface area contributed by atoms with Gasteiger partial charge in [0.25, 0.3) is 0 Å². The van der Waals surface area contributed by atoms with E-state index < -0.39 is 6.04 Å². The van der Waals surface area contributed by atoms with Crippen molar-refractivity contribution in [1.82, 2.24) is 4.90 Å². The summed E-state index contributed by atoms with van der Waals surface area (Å²) in [6.45, 7) is 4.16. The first kappa shape index (κ1) is 15.2. The van der Waals surface area contributed by atoms with Crippen molar-refractivity contribution in [3.8, 4) is 0 Å². The third-order valence-corrected chi connectivity index (χ3v) is 2.99. The molecule has 0 aliphatic heterocycles. The number of amides is 1. The molecule has 4 heteroatoms. The molecule has 0 radical (unpaired) electrons. The minimum absolute atomic E-state index is 0.0587. The average Bonchev–Trinajstić information content (AvgIpc) is 2.38. The maximum Gasteiger partial charge on any atom is 0.239 e. The largest absolute Gasteiger partial charge is 0.378 e. The van der Waals surface area contributed by atoms with Gasteiger partial charge in [-0.05, 0) is 24.1 Å². The number of hydrogen-bond acceptors (Lipinski definition) is 3. The first-order chi connectivity index (χ1) is 8.95. The predicted molar refractivity (Wildman–Crippen MR) is 80.0 cm³/mol. The lowest BCUT2D eigenvalue weighted by Gasteiger charge is -2.21. The zero-order chi connectivity index (χ0) is 14.4. The van der Waals surface area contributed by atoms with Gasteiger partial charge in [0.1, 0.15) is 0 Å². The van der Waals surface area contributed by atoms with Crippen molar-refractivity contribution < 1.29 is 4.79 Å². The fourth-order valence-corrected chi connectivity index (χ4v) is 1.81. The third-order valence-electron chi connectivity index (χ3n) is 2.99. The summed E-state index contributed by atoms with van der Waals surface area (Å²) in [5, 5.41) is 0. The minimum Gasteiger partial charge on any atom is -0.378 e. The molecule has 1 atom stereocenters. The van der Waals surface area contributed by atoms with Crippen LogP contribution in [-0.2, 0) is 11.3 Å². The van der Waals surface area contributed by atoms with E-state index in [0.717, 1.165) is 11.3 Å². The Labute approximate surface area is 115 Å². The number of hydrogen-bond donors (Lipinski definition) is 1. The van der Waals surface area contributed by atoms with Crippen molar-refractivity contribution in [2.75, 3.05) is 26.0 Å². The molecule has 0 aliphatic carbocycles. The highest BCUT2D eigenvalue weighted by Crippen LogP contribution is 2.13. The van der Waals surface area contributed by atoms with E-state index >= 15 is 0 Å². The fourth-order valence-electron chi connectivity index (χ4n) is 1.81. The third kappa shape index (κ3) is 4.41. The Morgan fingerprint density at radius 2 is 1.89 bits per heavy atom. The van der Waals surface area contributed by atoms with Gasteiger partial charge in [-0.2, -0.15) is 0 Å². The summed E-state index contributed by atoms with van der Waals surface area (Å²) in [4.78, 5) is 15.6. The van der Waals surface area contributed by atoms with E-state index in [1.165, 1.54) is 0 Å². The quantitative estimate of drug-likeness (QED) is 0.792. The molecule has 4 nitrogen and oxygen atoms in total. The molecule has 104 valence electrons. The SMILES string of the molecule is C=CCC(N)C(=O)N(C)Cc1ccc(N(C)C)cc1. The molecular weight excluding hydrogens is 238 g/mol. The molecule has 0 fully saturated rings. The zero-order valence-electron chi connectivity index (χ0n) is 12.0. The Hall–Kier alpha value is -1.81. The fraction of sp³-hybridized carbons (Fsp3) is 0.400. The minimum atomic E-state index is -0.497. The number of rotatable bonds is 6. The molecule has 0 bridgehead atoms. The highest BCUT2D eigenvalue weighted by atomic mass is 16.2. The normalized spacial score (nSPS) is 11.8. The van der Waals surface area contributed by atoms with E-state index in [-0.39, 0.29) is 5.91 Å². The molecule has 1 unspecified atom stereocenters. The summed E-state index contributed by atoms with van der Waals surface area (Å²) >= 11 is 0. The molecule has 1 aromatic carbocycles. The predicted octanol–water partition coefficient (Wildman–Crippen LogP) is 1.61. The van der Waals surface area contributed by atoms with Crippen molar-refractivity contribution in [1.29, 1.82) is 0 Å². The van der Waals surface area contributed by atoms with Crippen LogP contribution in [0.25, 0.3) is 0 Å². The Kier molecular flexibility index (Phi) is 5.57. The van der Waals surface area contributed by atoms with E-state index in [4.69, 9.17) is 5.73 Å². The molecule has 0 saturated carbocycles. The summed E-state index contributed by atoms with van der Waals surface area (Å²) < 4.78 is 0. The molecule has 1 aromatic rings. The van der Waals surface area contributed by atoms with Gasteiger partial charge in [-0.3, -0.25) is 4.79 Å². The lowest BCUT2D eigenvalue weighted by molar-refractivity contribution is -0.131. The van der Waals surface area contributed by atoms with Gasteiger partial charge in [-0.1, -0.05) is 18.2 Å². The van der Waals surface area contributed by atoms with Gasteiger partial charge < -0.3 is 15.5 Å². The van der Waals surface area contributed by atoms with Crippen LogP contribution in [0.2, 0.25) is 0 Å². The smallest absolute Gasteiger partial charge is 0.239 e. The molecule has 0 aliphatic rings. The Bertz CT molecular complexity index is 426. The van der Waals surface area contributed by atoms with Crippen molar-refractivity contribution in [2.45, 2.75) is 19.0 Å². The van der Waals surface area contributed by atoms with Crippen LogP contribution in [0.5, 0.6) is 0 Å². The number of carbonyl (C=O) groups excluding carboxylic acids is 1. The molecule has 0 aromatic heterocycles. The molecule has 0 spiro atoms. The summed E-state index contributed by atoms with van der Waals surface area (Å²) in [6.07, 6.45) is 2.17. The van der Waals surface area contributed by atoms with Crippen LogP contribution < -0.4 is 10.6 Å². The van der Waals surface area contributed by atoms with Crippen molar-refractivity contribution in [2.24, 2.45) is 5.73 Å². The number of benzene rings is 1. The highest BCUT2D eigenvalue weighted by molar-refractivity contribution is 5.81. The lowest BCUT2D eigenvalue weighted by atomic mass is 10.1. The maximum absolute atomic E-state index is 12.0. The van der Waals surface area contributed by atoms with Crippen molar-refractivity contribution in [3.63, 3.8) is 0 Å². The van der Waals surface area contributed by atoms with E-state index in [9.17, 15) is 4.79 Å². The Morgan fingerprint density at radius 1 is 1.32 bits per heavy atom. The van der Waals surface area contributed by atoms with Gasteiger partial charge in [0.2, 0.25) is 5.91 Å². The molecule has 1 amide bonds. The highest BCUT2D eigenvalue weighted by Gasteiger charge is 2.16. The first-order valence-electron chi connectivity index (χ1n) is 6.33. The average molecular weight is 261 g/mol. The van der Waals surface area contributed by atoms with Gasteiger partial charge >= 0.3 is 0 Å². The van der Waals surface area contributed by atoms with Crippen LogP contribution in [0.15, 0.2) is 36.9 Å². The van der Waals surface area contributed by atoms with E-state index in [0.29, 0.717) is 13.0 Å². The van der Waals surface area contributed by atoms with Gasteiger partial charge in [0.05, 0.1) is 6.04 Å². The second-order valence-electron chi connectivity index (χ2n) is 4.89. The van der Waals surface area contributed by atoms with Crippen LogP contribution in [0.4, 0.5) is 5.69 Å². The van der Waals surface area contributed by atoms with Crippen molar-refractivity contribution in [3.05, 3.63) is 42.5 Å². The van der Waals surface area contributed by atoms with Gasteiger partial charge in [-0.25, -0.2) is 0 Å². The van der Waals surface area contributed by atoms with Crippen LogP contribution in [0.1, 0.15) is 12.0 Å². The van der Waals surface area contributed by atoms with Crippen LogP contribution in [0, 0.1) is 0 Å². The monoisotopic (exact) mass is 261 g/mol. The topological polar surface area (TPSA) is 49.6 Å². The summed E-state index contributed by atoms with van der Waals surface area (Å²) in [5.41, 5.74) is 8.01. The van der Waals surface area contributed by atoms with Gasteiger partial charge in [0.15, 0.2) is 0 Å². The Morgan fingerprint density at radius 3 is 2.37 bits per heavy atom. The summed E-state index contributed by atoms with van der Waals surface area (Å²) in [5.74, 6) is -0.0587. The summed E-state index contributed by atoms with van der Waals surface area (Å²) in [7, 11) is 5.77. The molecule has 0 heterocycles. The first-order valence-corrected chi connectivity index (χ1v) is 6.33. The Balaban J connectivity index is 2.63.